The molecular formula is C23H19N3O6. The molecule has 3 aromatic carbocycles. The lowest BCUT2D eigenvalue weighted by molar-refractivity contribution is -0.384. The molecule has 3 rings (SSSR count). The van der Waals surface area contributed by atoms with Crippen molar-refractivity contribution in [3.05, 3.63) is 99.6 Å². The van der Waals surface area contributed by atoms with Crippen LogP contribution in [0.1, 0.15) is 21.5 Å². The molecule has 162 valence electrons. The Morgan fingerprint density at radius 1 is 1.03 bits per heavy atom. The van der Waals surface area contributed by atoms with Crippen LogP contribution >= 0.6 is 0 Å². The van der Waals surface area contributed by atoms with E-state index in [1.54, 1.807) is 36.4 Å². The Morgan fingerprint density at radius 3 is 2.44 bits per heavy atom. The number of nitro benzene ring substituents is 1. The van der Waals surface area contributed by atoms with E-state index in [1.807, 2.05) is 19.1 Å². The van der Waals surface area contributed by atoms with Crippen LogP contribution in [0.4, 0.5) is 5.69 Å². The average Bonchev–Trinajstić information content (AvgIpc) is 2.79. The van der Waals surface area contributed by atoms with E-state index in [0.29, 0.717) is 11.3 Å². The molecule has 0 aliphatic rings. The van der Waals surface area contributed by atoms with Crippen LogP contribution < -0.4 is 14.9 Å². The van der Waals surface area contributed by atoms with Crippen molar-refractivity contribution < 1.29 is 24.0 Å². The molecule has 0 heterocycles. The molecule has 32 heavy (non-hydrogen) atoms. The maximum atomic E-state index is 12.2. The molecule has 9 heteroatoms. The van der Waals surface area contributed by atoms with Gasteiger partial charge in [0.1, 0.15) is 11.5 Å². The van der Waals surface area contributed by atoms with Gasteiger partial charge in [0.25, 0.3) is 11.6 Å². The van der Waals surface area contributed by atoms with Gasteiger partial charge in [0.05, 0.1) is 16.7 Å². The molecule has 0 aromatic heterocycles. The van der Waals surface area contributed by atoms with Gasteiger partial charge in [-0.25, -0.2) is 10.2 Å². The third-order valence-corrected chi connectivity index (χ3v) is 4.18. The summed E-state index contributed by atoms with van der Waals surface area (Å²) in [5, 5.41) is 14.6. The second kappa shape index (κ2) is 10.5. The highest BCUT2D eigenvalue weighted by Crippen LogP contribution is 2.17. The highest BCUT2D eigenvalue weighted by atomic mass is 16.6. The number of nitrogens with one attached hydrogen (secondary N) is 1. The molecular weight excluding hydrogens is 414 g/mol. The lowest BCUT2D eigenvalue weighted by atomic mass is 10.2. The predicted octanol–water partition coefficient (Wildman–Crippen LogP) is 3.65. The monoisotopic (exact) mass is 433 g/mol. The molecule has 0 saturated heterocycles. The molecule has 0 aliphatic carbocycles. The van der Waals surface area contributed by atoms with E-state index in [1.165, 1.54) is 30.5 Å². The van der Waals surface area contributed by atoms with Crippen molar-refractivity contribution in [3.63, 3.8) is 0 Å². The first kappa shape index (κ1) is 22.2. The van der Waals surface area contributed by atoms with Crippen LogP contribution in [0.25, 0.3) is 0 Å². The minimum absolute atomic E-state index is 0.119. The van der Waals surface area contributed by atoms with E-state index in [2.05, 4.69) is 10.5 Å². The van der Waals surface area contributed by atoms with Crippen LogP contribution in [0, 0.1) is 17.0 Å². The summed E-state index contributed by atoms with van der Waals surface area (Å²) in [5.74, 6) is -0.248. The van der Waals surface area contributed by atoms with E-state index in [-0.39, 0.29) is 23.6 Å². The Kier molecular flexibility index (Phi) is 7.26. The van der Waals surface area contributed by atoms with E-state index in [9.17, 15) is 19.7 Å². The lowest BCUT2D eigenvalue weighted by Crippen LogP contribution is -2.24. The van der Waals surface area contributed by atoms with Gasteiger partial charge >= 0.3 is 5.97 Å². The van der Waals surface area contributed by atoms with Crippen LogP contribution in [0.5, 0.6) is 11.5 Å². The number of carbonyl (C=O) groups excluding carboxylic acids is 2. The Balaban J connectivity index is 1.51. The number of carbonyl (C=O) groups is 2. The number of amides is 1. The van der Waals surface area contributed by atoms with Crippen LogP contribution in [-0.2, 0) is 4.79 Å². The van der Waals surface area contributed by atoms with Crippen LogP contribution in [0.2, 0.25) is 0 Å². The zero-order chi connectivity index (χ0) is 22.9. The molecule has 0 spiro atoms. The van der Waals surface area contributed by atoms with Gasteiger partial charge < -0.3 is 9.47 Å². The van der Waals surface area contributed by atoms with Gasteiger partial charge in [0, 0.05) is 12.1 Å². The molecule has 0 atom stereocenters. The van der Waals surface area contributed by atoms with Gasteiger partial charge in [-0.1, -0.05) is 29.8 Å². The zero-order valence-corrected chi connectivity index (χ0v) is 17.1. The number of nitro groups is 1. The van der Waals surface area contributed by atoms with Gasteiger partial charge in [-0.15, -0.1) is 0 Å². The molecule has 1 N–H and O–H groups in total. The molecule has 0 saturated carbocycles. The van der Waals surface area contributed by atoms with Crippen molar-refractivity contribution in [1.29, 1.82) is 0 Å². The Bertz CT molecular complexity index is 1140. The van der Waals surface area contributed by atoms with Crippen molar-refractivity contribution in [2.75, 3.05) is 6.61 Å². The van der Waals surface area contributed by atoms with E-state index < -0.39 is 16.8 Å². The Hall–Kier alpha value is -4.53. The first-order chi connectivity index (χ1) is 15.4. The van der Waals surface area contributed by atoms with Gasteiger partial charge in [0.2, 0.25) is 0 Å². The third kappa shape index (κ3) is 6.49. The van der Waals surface area contributed by atoms with Crippen LogP contribution in [0.15, 0.2) is 77.9 Å². The summed E-state index contributed by atoms with van der Waals surface area (Å²) in [4.78, 5) is 34.2. The highest BCUT2D eigenvalue weighted by molar-refractivity contribution is 5.91. The van der Waals surface area contributed by atoms with Gasteiger partial charge in [0.15, 0.2) is 6.61 Å². The third-order valence-electron chi connectivity index (χ3n) is 4.18. The zero-order valence-electron chi connectivity index (χ0n) is 17.1. The second-order valence-corrected chi connectivity index (χ2v) is 6.66. The predicted molar refractivity (Wildman–Crippen MR) is 117 cm³/mol. The first-order valence-corrected chi connectivity index (χ1v) is 9.49. The minimum atomic E-state index is -0.657. The SMILES string of the molecule is Cc1ccc(OCC(=O)N/N=C/c2cccc(OC(=O)c3ccc([N+](=O)[O-])cc3)c2)cc1. The van der Waals surface area contributed by atoms with E-state index in [0.717, 1.165) is 5.56 Å². The smallest absolute Gasteiger partial charge is 0.343 e. The Labute approximate surface area is 183 Å². The summed E-state index contributed by atoms with van der Waals surface area (Å²) in [6.45, 7) is 1.77. The van der Waals surface area contributed by atoms with Crippen molar-refractivity contribution >= 4 is 23.8 Å². The summed E-state index contributed by atoms with van der Waals surface area (Å²) in [5.41, 5.74) is 4.09. The average molecular weight is 433 g/mol. The van der Waals surface area contributed by atoms with Crippen LogP contribution in [-0.4, -0.2) is 29.6 Å². The maximum absolute atomic E-state index is 12.2. The number of aryl methyl sites for hydroxylation is 1. The van der Waals surface area contributed by atoms with Crippen molar-refractivity contribution in [2.24, 2.45) is 5.10 Å². The second-order valence-electron chi connectivity index (χ2n) is 6.66. The van der Waals surface area contributed by atoms with Crippen molar-refractivity contribution in [1.82, 2.24) is 5.43 Å². The van der Waals surface area contributed by atoms with E-state index in [4.69, 9.17) is 9.47 Å². The number of benzene rings is 3. The summed E-state index contributed by atoms with van der Waals surface area (Å²) in [6, 6.07) is 18.9. The van der Waals surface area contributed by atoms with Crippen molar-refractivity contribution in [2.45, 2.75) is 6.92 Å². The van der Waals surface area contributed by atoms with Crippen molar-refractivity contribution in [3.8, 4) is 11.5 Å². The summed E-state index contributed by atoms with van der Waals surface area (Å²) in [7, 11) is 0. The number of hydrogen-bond donors (Lipinski definition) is 1. The standard InChI is InChI=1S/C23H19N3O6/c1-16-5-11-20(12-6-16)31-15-22(27)25-24-14-17-3-2-4-21(13-17)32-23(28)18-7-9-19(10-8-18)26(29)30/h2-14H,15H2,1H3,(H,25,27)/b24-14+. The number of hydrogen-bond acceptors (Lipinski definition) is 7. The molecule has 0 bridgehead atoms. The maximum Gasteiger partial charge on any atom is 0.343 e. The molecule has 3 aromatic rings. The largest absolute Gasteiger partial charge is 0.484 e. The summed E-state index contributed by atoms with van der Waals surface area (Å²) >= 11 is 0. The summed E-state index contributed by atoms with van der Waals surface area (Å²) < 4.78 is 10.7. The molecule has 0 unspecified atom stereocenters. The fourth-order valence-electron chi connectivity index (χ4n) is 2.54. The number of nitrogens with zero attached hydrogens (tertiary/aromatic N) is 2. The molecule has 0 aliphatic heterocycles. The molecule has 1 amide bonds. The number of rotatable bonds is 8. The topological polar surface area (TPSA) is 120 Å². The molecule has 0 fully saturated rings. The fraction of sp³-hybridized carbons (Fsp3) is 0.0870. The van der Waals surface area contributed by atoms with Gasteiger partial charge in [-0.3, -0.25) is 14.9 Å². The highest BCUT2D eigenvalue weighted by Gasteiger charge is 2.11. The first-order valence-electron chi connectivity index (χ1n) is 9.49. The molecule has 9 nitrogen and oxygen atoms in total. The number of esters is 1. The number of ether oxygens (including phenoxy) is 2. The Morgan fingerprint density at radius 2 is 1.75 bits per heavy atom. The lowest BCUT2D eigenvalue weighted by Gasteiger charge is -2.06. The van der Waals surface area contributed by atoms with Gasteiger partial charge in [-0.05, 0) is 48.9 Å². The van der Waals surface area contributed by atoms with Gasteiger partial charge in [-0.2, -0.15) is 5.10 Å². The molecule has 0 radical (unpaired) electrons. The number of non-ortho nitro benzene ring substituents is 1. The minimum Gasteiger partial charge on any atom is -0.484 e. The number of hydrazone groups is 1. The van der Waals surface area contributed by atoms with E-state index >= 15 is 0 Å². The van der Waals surface area contributed by atoms with Crippen LogP contribution in [0.3, 0.4) is 0 Å². The normalized spacial score (nSPS) is 10.5. The fourth-order valence-corrected chi connectivity index (χ4v) is 2.54. The quantitative estimate of drug-likeness (QED) is 0.190. The summed E-state index contributed by atoms with van der Waals surface area (Å²) in [6.07, 6.45) is 1.40.